The molecular formula is C23H31N5O6S2. The summed E-state index contributed by atoms with van der Waals surface area (Å²) >= 11 is 0. The molecule has 0 aliphatic heterocycles. The van der Waals surface area contributed by atoms with E-state index >= 15 is 0 Å². The Hall–Kier alpha value is -2.77. The van der Waals surface area contributed by atoms with E-state index in [4.69, 9.17) is 9.26 Å². The normalized spacial score (nSPS) is 19.0. The fraction of sp³-hybridized carbons (Fsp3) is 0.522. The van der Waals surface area contributed by atoms with Crippen LogP contribution in [0.15, 0.2) is 35.0 Å². The third-order valence-corrected chi connectivity index (χ3v) is 8.72. The Bertz CT molecular complexity index is 1420. The lowest BCUT2D eigenvalue weighted by atomic mass is 9.91. The van der Waals surface area contributed by atoms with Crippen LogP contribution in [0.2, 0.25) is 0 Å². The standard InChI is InChI=1S/C23H31N5O6S2/c1-28(36(3,31)32)17-10-8-16(9-11-17)25-23-24-13-12-19(26-23)21-18-6-4-7-20(22(18)34-27-21)33-14-5-15-35(2,29)30/h4,6-7,12-13,16-17H,5,8-11,14-15H2,1-3H3,(H,24,25,26). The summed E-state index contributed by atoms with van der Waals surface area (Å²) in [6, 6.07) is 7.34. The van der Waals surface area contributed by atoms with Crippen molar-refractivity contribution >= 4 is 36.8 Å². The molecule has 11 nitrogen and oxygen atoms in total. The van der Waals surface area contributed by atoms with Gasteiger partial charge in [0.2, 0.25) is 21.6 Å². The Labute approximate surface area is 211 Å². The quantitative estimate of drug-likeness (QED) is 0.383. The first-order valence-corrected chi connectivity index (χ1v) is 15.6. The Morgan fingerprint density at radius 1 is 1.11 bits per heavy atom. The molecule has 0 bridgehead atoms. The van der Waals surface area contributed by atoms with E-state index in [-0.39, 0.29) is 24.4 Å². The second-order valence-corrected chi connectivity index (χ2v) is 13.5. The topological polar surface area (TPSA) is 145 Å². The maximum Gasteiger partial charge on any atom is 0.223 e. The predicted octanol–water partition coefficient (Wildman–Crippen LogP) is 2.71. The van der Waals surface area contributed by atoms with E-state index in [0.29, 0.717) is 35.1 Å². The van der Waals surface area contributed by atoms with Gasteiger partial charge in [-0.1, -0.05) is 11.2 Å². The second-order valence-electron chi connectivity index (χ2n) is 9.19. The Balaban J connectivity index is 1.43. The summed E-state index contributed by atoms with van der Waals surface area (Å²) in [4.78, 5) is 8.97. The first-order valence-electron chi connectivity index (χ1n) is 11.7. The Morgan fingerprint density at radius 2 is 1.86 bits per heavy atom. The van der Waals surface area contributed by atoms with Gasteiger partial charge in [-0.15, -0.1) is 0 Å². The summed E-state index contributed by atoms with van der Waals surface area (Å²) in [5.74, 6) is 1.01. The third-order valence-electron chi connectivity index (χ3n) is 6.34. The molecular weight excluding hydrogens is 506 g/mol. The number of para-hydroxylation sites is 1. The van der Waals surface area contributed by atoms with Crippen molar-refractivity contribution in [3.8, 4) is 17.1 Å². The van der Waals surface area contributed by atoms with Crippen molar-refractivity contribution < 1.29 is 26.1 Å². The van der Waals surface area contributed by atoms with Crippen molar-refractivity contribution in [2.45, 2.75) is 44.2 Å². The van der Waals surface area contributed by atoms with Crippen molar-refractivity contribution in [2.24, 2.45) is 0 Å². The molecule has 0 unspecified atom stereocenters. The Morgan fingerprint density at radius 3 is 2.56 bits per heavy atom. The van der Waals surface area contributed by atoms with Gasteiger partial charge >= 0.3 is 0 Å². The zero-order chi connectivity index (χ0) is 25.9. The minimum Gasteiger partial charge on any atom is -0.490 e. The summed E-state index contributed by atoms with van der Waals surface area (Å²) in [6.07, 6.45) is 7.62. The summed E-state index contributed by atoms with van der Waals surface area (Å²) < 4.78 is 59.0. The van der Waals surface area contributed by atoms with Gasteiger partial charge in [0.05, 0.1) is 29.7 Å². The molecule has 2 heterocycles. The molecule has 3 aromatic rings. The van der Waals surface area contributed by atoms with Crippen LogP contribution in [0.25, 0.3) is 22.4 Å². The number of benzene rings is 1. The minimum atomic E-state index is -3.20. The average Bonchev–Trinajstić information content (AvgIpc) is 3.26. The molecule has 1 aromatic carbocycles. The molecule has 0 radical (unpaired) electrons. The molecule has 196 valence electrons. The van der Waals surface area contributed by atoms with E-state index in [0.717, 1.165) is 31.1 Å². The fourth-order valence-electron chi connectivity index (χ4n) is 4.34. The predicted molar refractivity (Wildman–Crippen MR) is 137 cm³/mol. The maximum absolute atomic E-state index is 11.8. The van der Waals surface area contributed by atoms with Crippen LogP contribution in [0, 0.1) is 0 Å². The summed E-state index contributed by atoms with van der Waals surface area (Å²) in [5, 5.41) is 8.29. The smallest absolute Gasteiger partial charge is 0.223 e. The van der Waals surface area contributed by atoms with Crippen LogP contribution in [0.4, 0.5) is 5.95 Å². The lowest BCUT2D eigenvalue weighted by Crippen LogP contribution is -2.41. The highest BCUT2D eigenvalue weighted by Gasteiger charge is 2.28. The van der Waals surface area contributed by atoms with Gasteiger partial charge in [-0.2, -0.15) is 0 Å². The number of sulfonamides is 1. The molecule has 36 heavy (non-hydrogen) atoms. The van der Waals surface area contributed by atoms with Gasteiger partial charge in [0.25, 0.3) is 0 Å². The van der Waals surface area contributed by atoms with Gasteiger partial charge in [-0.25, -0.2) is 31.1 Å². The van der Waals surface area contributed by atoms with Crippen molar-refractivity contribution in [3.63, 3.8) is 0 Å². The first kappa shape index (κ1) is 26.3. The van der Waals surface area contributed by atoms with Crippen LogP contribution < -0.4 is 10.1 Å². The number of nitrogens with one attached hydrogen (secondary N) is 1. The van der Waals surface area contributed by atoms with Gasteiger partial charge < -0.3 is 14.6 Å². The van der Waals surface area contributed by atoms with E-state index in [9.17, 15) is 16.8 Å². The lowest BCUT2D eigenvalue weighted by Gasteiger charge is -2.33. The molecule has 0 atom stereocenters. The molecule has 1 saturated carbocycles. The maximum atomic E-state index is 11.8. The molecule has 0 amide bonds. The fourth-order valence-corrected chi connectivity index (χ4v) is 5.73. The molecule has 1 N–H and O–H groups in total. The van der Waals surface area contributed by atoms with Crippen molar-refractivity contribution in [3.05, 3.63) is 30.5 Å². The molecule has 1 aliphatic carbocycles. The van der Waals surface area contributed by atoms with Crippen LogP contribution in [-0.2, 0) is 19.9 Å². The van der Waals surface area contributed by atoms with Crippen LogP contribution in [0.3, 0.4) is 0 Å². The highest BCUT2D eigenvalue weighted by Crippen LogP contribution is 2.33. The summed E-state index contributed by atoms with van der Waals surface area (Å²) in [5.41, 5.74) is 1.61. The van der Waals surface area contributed by atoms with Gasteiger partial charge in [0.15, 0.2) is 5.75 Å². The van der Waals surface area contributed by atoms with Crippen molar-refractivity contribution in [1.29, 1.82) is 0 Å². The zero-order valence-corrected chi connectivity index (χ0v) is 22.2. The number of rotatable bonds is 10. The number of ether oxygens (including phenoxy) is 1. The number of hydrogen-bond donors (Lipinski definition) is 1. The monoisotopic (exact) mass is 537 g/mol. The first-order chi connectivity index (χ1) is 17.0. The highest BCUT2D eigenvalue weighted by atomic mass is 32.2. The number of nitrogens with zero attached hydrogens (tertiary/aromatic N) is 4. The summed E-state index contributed by atoms with van der Waals surface area (Å²) in [7, 11) is -4.61. The average molecular weight is 538 g/mol. The third kappa shape index (κ3) is 6.51. The van der Waals surface area contributed by atoms with Crippen LogP contribution in [0.1, 0.15) is 32.1 Å². The number of fused-ring (bicyclic) bond motifs is 1. The molecule has 1 aliphatic rings. The molecule has 13 heteroatoms. The number of hydrogen-bond acceptors (Lipinski definition) is 10. The Kier molecular flexibility index (Phi) is 7.81. The van der Waals surface area contributed by atoms with E-state index in [1.165, 1.54) is 16.8 Å². The number of sulfone groups is 1. The molecule has 2 aromatic heterocycles. The van der Waals surface area contributed by atoms with Gasteiger partial charge in [-0.05, 0) is 50.3 Å². The van der Waals surface area contributed by atoms with E-state index in [2.05, 4.69) is 20.4 Å². The largest absolute Gasteiger partial charge is 0.490 e. The van der Waals surface area contributed by atoms with Gasteiger partial charge in [0.1, 0.15) is 15.5 Å². The highest BCUT2D eigenvalue weighted by molar-refractivity contribution is 7.90. The van der Waals surface area contributed by atoms with E-state index < -0.39 is 19.9 Å². The lowest BCUT2D eigenvalue weighted by molar-refractivity contribution is 0.276. The van der Waals surface area contributed by atoms with Crippen LogP contribution in [-0.4, -0.2) is 80.3 Å². The van der Waals surface area contributed by atoms with Crippen LogP contribution in [0.5, 0.6) is 5.75 Å². The van der Waals surface area contributed by atoms with Crippen LogP contribution >= 0.6 is 0 Å². The number of aromatic nitrogens is 3. The van der Waals surface area contributed by atoms with Crippen molar-refractivity contribution in [1.82, 2.24) is 19.4 Å². The molecule has 1 fully saturated rings. The van der Waals surface area contributed by atoms with Gasteiger partial charge in [0, 0.05) is 31.6 Å². The number of anilines is 1. The minimum absolute atomic E-state index is 0.00888. The van der Waals surface area contributed by atoms with E-state index in [1.54, 1.807) is 25.4 Å². The second kappa shape index (κ2) is 10.7. The molecule has 4 rings (SSSR count). The molecule has 0 spiro atoms. The zero-order valence-electron chi connectivity index (χ0n) is 20.5. The summed E-state index contributed by atoms with van der Waals surface area (Å²) in [6.45, 7) is 0.242. The van der Waals surface area contributed by atoms with Crippen molar-refractivity contribution in [2.75, 3.05) is 37.2 Å². The molecule has 0 saturated heterocycles. The SMILES string of the molecule is CN(C1CCC(Nc2nccc(-c3noc4c(OCCCS(C)(=O)=O)cccc34)n2)CC1)S(C)(=O)=O. The van der Waals surface area contributed by atoms with Gasteiger partial charge in [-0.3, -0.25) is 0 Å². The van der Waals surface area contributed by atoms with E-state index in [1.807, 2.05) is 12.1 Å².